The molecule has 0 radical (unpaired) electrons. The van der Waals surface area contributed by atoms with Crippen molar-refractivity contribution in [3.8, 4) is 5.75 Å². The molecule has 2 rings (SSSR count). The van der Waals surface area contributed by atoms with Crippen molar-refractivity contribution in [2.45, 2.75) is 6.92 Å². The van der Waals surface area contributed by atoms with Crippen LogP contribution in [0.4, 0.5) is 0 Å². The quantitative estimate of drug-likeness (QED) is 0.688. The fourth-order valence-electron chi connectivity index (χ4n) is 1.68. The average molecular weight is 274 g/mol. The van der Waals surface area contributed by atoms with E-state index < -0.39 is 0 Å². The Hall–Kier alpha value is -2.14. The van der Waals surface area contributed by atoms with Gasteiger partial charge in [-0.3, -0.25) is 4.79 Å². The van der Waals surface area contributed by atoms with Gasteiger partial charge in [-0.05, 0) is 30.0 Å². The van der Waals surface area contributed by atoms with E-state index in [1.165, 1.54) is 0 Å². The van der Waals surface area contributed by atoms with Crippen molar-refractivity contribution in [1.82, 2.24) is 5.43 Å². The molecule has 2 aromatic rings. The van der Waals surface area contributed by atoms with Crippen molar-refractivity contribution in [3.63, 3.8) is 0 Å². The molecule has 0 unspecified atom stereocenters. The van der Waals surface area contributed by atoms with E-state index in [0.717, 1.165) is 10.4 Å². The van der Waals surface area contributed by atoms with Gasteiger partial charge in [0.05, 0.1) is 18.9 Å². The van der Waals surface area contributed by atoms with Crippen LogP contribution in [-0.2, 0) is 0 Å². The lowest BCUT2D eigenvalue weighted by Gasteiger charge is -2.09. The van der Waals surface area contributed by atoms with Crippen LogP contribution in [0.2, 0.25) is 0 Å². The molecule has 1 aromatic heterocycles. The molecule has 0 aliphatic carbocycles. The van der Waals surface area contributed by atoms with Crippen molar-refractivity contribution in [1.29, 1.82) is 0 Å². The molecule has 0 bridgehead atoms. The minimum atomic E-state index is -0.284. The number of methoxy groups -OCH3 is 1. The van der Waals surface area contributed by atoms with E-state index >= 15 is 0 Å². The fourth-order valence-corrected chi connectivity index (χ4v) is 2.27. The average Bonchev–Trinajstić information content (AvgIpc) is 2.91. The summed E-state index contributed by atoms with van der Waals surface area (Å²) in [6, 6.07) is 9.27. The van der Waals surface area contributed by atoms with Crippen LogP contribution in [0.15, 0.2) is 40.8 Å². The highest BCUT2D eigenvalue weighted by Gasteiger charge is 2.12. The number of amides is 1. The SMILES string of the molecule is COc1c(C)cccc1C(=O)N/N=C\c1cccs1. The van der Waals surface area contributed by atoms with Gasteiger partial charge in [-0.15, -0.1) is 11.3 Å². The second-order valence-corrected chi connectivity index (χ2v) is 4.85. The summed E-state index contributed by atoms with van der Waals surface area (Å²) in [5.74, 6) is 0.291. The van der Waals surface area contributed by atoms with E-state index in [1.807, 2.05) is 36.6 Å². The molecule has 0 saturated heterocycles. The first-order valence-electron chi connectivity index (χ1n) is 5.73. The zero-order valence-electron chi connectivity index (χ0n) is 10.7. The highest BCUT2D eigenvalue weighted by atomic mass is 32.1. The molecule has 0 aliphatic heterocycles. The Morgan fingerprint density at radius 2 is 2.21 bits per heavy atom. The van der Waals surface area contributed by atoms with E-state index in [9.17, 15) is 4.79 Å². The fraction of sp³-hybridized carbons (Fsp3) is 0.143. The van der Waals surface area contributed by atoms with Crippen LogP contribution in [-0.4, -0.2) is 19.2 Å². The predicted molar refractivity (Wildman–Crippen MR) is 77.1 cm³/mol. The number of thiophene rings is 1. The number of hydrazone groups is 1. The van der Waals surface area contributed by atoms with E-state index in [-0.39, 0.29) is 5.91 Å². The van der Waals surface area contributed by atoms with Crippen LogP contribution in [0.3, 0.4) is 0 Å². The van der Waals surface area contributed by atoms with Crippen LogP contribution >= 0.6 is 11.3 Å². The summed E-state index contributed by atoms with van der Waals surface area (Å²) in [6.45, 7) is 1.89. The zero-order valence-corrected chi connectivity index (χ0v) is 11.5. The highest BCUT2D eigenvalue weighted by molar-refractivity contribution is 7.11. The van der Waals surface area contributed by atoms with Gasteiger partial charge in [0.1, 0.15) is 5.75 Å². The van der Waals surface area contributed by atoms with Crippen molar-refractivity contribution in [2.24, 2.45) is 5.10 Å². The summed E-state index contributed by atoms with van der Waals surface area (Å²) in [7, 11) is 1.55. The minimum absolute atomic E-state index is 0.284. The Labute approximate surface area is 115 Å². The van der Waals surface area contributed by atoms with Crippen LogP contribution in [0.5, 0.6) is 5.75 Å². The molecular formula is C14H14N2O2S. The molecule has 19 heavy (non-hydrogen) atoms. The van der Waals surface area contributed by atoms with Gasteiger partial charge in [-0.1, -0.05) is 18.2 Å². The van der Waals surface area contributed by atoms with Crippen LogP contribution in [0, 0.1) is 6.92 Å². The maximum atomic E-state index is 12.0. The zero-order chi connectivity index (χ0) is 13.7. The lowest BCUT2D eigenvalue weighted by atomic mass is 10.1. The Bertz CT molecular complexity index is 591. The van der Waals surface area contributed by atoms with Gasteiger partial charge in [0.25, 0.3) is 5.91 Å². The number of aryl methyl sites for hydroxylation is 1. The van der Waals surface area contributed by atoms with E-state index in [4.69, 9.17) is 4.74 Å². The van der Waals surface area contributed by atoms with Crippen molar-refractivity contribution in [3.05, 3.63) is 51.7 Å². The third-order valence-electron chi connectivity index (χ3n) is 2.56. The topological polar surface area (TPSA) is 50.7 Å². The van der Waals surface area contributed by atoms with Gasteiger partial charge in [-0.2, -0.15) is 5.10 Å². The van der Waals surface area contributed by atoms with Gasteiger partial charge in [-0.25, -0.2) is 5.43 Å². The molecule has 1 N–H and O–H groups in total. The number of hydrogen-bond acceptors (Lipinski definition) is 4. The monoisotopic (exact) mass is 274 g/mol. The Morgan fingerprint density at radius 1 is 1.37 bits per heavy atom. The van der Waals surface area contributed by atoms with Gasteiger partial charge >= 0.3 is 0 Å². The molecule has 0 spiro atoms. The second-order valence-electron chi connectivity index (χ2n) is 3.87. The Kier molecular flexibility index (Phi) is 4.30. The van der Waals surface area contributed by atoms with Crippen molar-refractivity contribution < 1.29 is 9.53 Å². The van der Waals surface area contributed by atoms with E-state index in [1.54, 1.807) is 30.7 Å². The summed E-state index contributed by atoms with van der Waals surface area (Å²) >= 11 is 1.56. The van der Waals surface area contributed by atoms with E-state index in [0.29, 0.717) is 11.3 Å². The molecule has 1 aromatic carbocycles. The molecular weight excluding hydrogens is 260 g/mol. The van der Waals surface area contributed by atoms with Crippen molar-refractivity contribution >= 4 is 23.5 Å². The second kappa shape index (κ2) is 6.15. The number of carbonyl (C=O) groups excluding carboxylic acids is 1. The molecule has 0 saturated carbocycles. The smallest absolute Gasteiger partial charge is 0.275 e. The van der Waals surface area contributed by atoms with E-state index in [2.05, 4.69) is 10.5 Å². The molecule has 1 heterocycles. The first-order chi connectivity index (χ1) is 9.22. The normalized spacial score (nSPS) is 10.6. The number of rotatable bonds is 4. The molecule has 0 fully saturated rings. The lowest BCUT2D eigenvalue weighted by Crippen LogP contribution is -2.18. The van der Waals surface area contributed by atoms with Gasteiger partial charge in [0.2, 0.25) is 0 Å². The first kappa shape index (κ1) is 13.3. The largest absolute Gasteiger partial charge is 0.496 e. The Morgan fingerprint density at radius 3 is 2.89 bits per heavy atom. The van der Waals surface area contributed by atoms with Gasteiger partial charge in [0.15, 0.2) is 0 Å². The lowest BCUT2D eigenvalue weighted by molar-refractivity contribution is 0.0952. The number of carbonyl (C=O) groups is 1. The summed E-state index contributed by atoms with van der Waals surface area (Å²) in [5.41, 5.74) is 3.89. The Balaban J connectivity index is 2.10. The molecule has 0 aliphatic rings. The number of para-hydroxylation sites is 1. The van der Waals surface area contributed by atoms with Crippen LogP contribution in [0.1, 0.15) is 20.8 Å². The van der Waals surface area contributed by atoms with Crippen LogP contribution in [0.25, 0.3) is 0 Å². The molecule has 4 nitrogen and oxygen atoms in total. The number of nitrogens with zero attached hydrogens (tertiary/aromatic N) is 1. The molecule has 5 heteroatoms. The maximum Gasteiger partial charge on any atom is 0.275 e. The number of nitrogens with one attached hydrogen (secondary N) is 1. The standard InChI is InChI=1S/C14H14N2O2S/c1-10-5-3-7-12(13(10)18-2)14(17)16-15-9-11-6-4-8-19-11/h3-9H,1-2H3,(H,16,17)/b15-9-. The molecule has 98 valence electrons. The third kappa shape index (κ3) is 3.20. The minimum Gasteiger partial charge on any atom is -0.496 e. The third-order valence-corrected chi connectivity index (χ3v) is 3.37. The maximum absolute atomic E-state index is 12.0. The molecule has 1 amide bonds. The molecule has 0 atom stereocenters. The first-order valence-corrected chi connectivity index (χ1v) is 6.61. The number of hydrogen-bond donors (Lipinski definition) is 1. The van der Waals surface area contributed by atoms with Gasteiger partial charge in [0, 0.05) is 4.88 Å². The predicted octanol–water partition coefficient (Wildman–Crippen LogP) is 2.83. The number of benzene rings is 1. The van der Waals surface area contributed by atoms with Crippen LogP contribution < -0.4 is 10.2 Å². The van der Waals surface area contributed by atoms with Gasteiger partial charge < -0.3 is 4.74 Å². The highest BCUT2D eigenvalue weighted by Crippen LogP contribution is 2.22. The summed E-state index contributed by atoms with van der Waals surface area (Å²) < 4.78 is 5.24. The summed E-state index contributed by atoms with van der Waals surface area (Å²) in [5, 5.41) is 5.88. The van der Waals surface area contributed by atoms with Crippen molar-refractivity contribution in [2.75, 3.05) is 7.11 Å². The summed E-state index contributed by atoms with van der Waals surface area (Å²) in [6.07, 6.45) is 1.62. The summed E-state index contributed by atoms with van der Waals surface area (Å²) in [4.78, 5) is 13.0. The number of ether oxygens (including phenoxy) is 1.